The van der Waals surface area contributed by atoms with Gasteiger partial charge < -0.3 is 24.6 Å². The molecule has 2 aromatic rings. The number of benzene rings is 1. The zero-order chi connectivity index (χ0) is 24.1. The molecule has 1 heterocycles. The summed E-state index contributed by atoms with van der Waals surface area (Å²) < 4.78 is 33.9. The molecule has 0 unspecified atom stereocenters. The third kappa shape index (κ3) is 6.09. The van der Waals surface area contributed by atoms with Crippen LogP contribution >= 0.6 is 11.6 Å². The van der Waals surface area contributed by atoms with E-state index < -0.39 is 48.6 Å². The van der Waals surface area contributed by atoms with Crippen molar-refractivity contribution < 1.29 is 37.1 Å². The first kappa shape index (κ1) is 24.9. The predicted octanol–water partition coefficient (Wildman–Crippen LogP) is 1.31. The van der Waals surface area contributed by atoms with E-state index in [0.717, 1.165) is 13.2 Å². The maximum Gasteiger partial charge on any atom is 0.340 e. The Labute approximate surface area is 186 Å². The molecular weight excluding hydrogens is 472 g/mol. The lowest BCUT2D eigenvalue weighted by Gasteiger charge is -2.19. The number of carbonyl (C=O) groups is 2. The number of rotatable bonds is 10. The zero-order valence-corrected chi connectivity index (χ0v) is 18.4. The first-order valence-corrected chi connectivity index (χ1v) is 10.7. The first-order chi connectivity index (χ1) is 15.0. The van der Waals surface area contributed by atoms with Crippen molar-refractivity contribution in [1.29, 1.82) is 0 Å². The highest BCUT2D eigenvalue weighted by atomic mass is 35.5. The number of halogens is 1. The molecule has 1 aromatic heterocycles. The van der Waals surface area contributed by atoms with Crippen LogP contribution in [0.15, 0.2) is 33.8 Å². The molecule has 1 atom stereocenters. The summed E-state index contributed by atoms with van der Waals surface area (Å²) in [6.45, 7) is 0.978. The van der Waals surface area contributed by atoms with E-state index in [-0.39, 0.29) is 24.3 Å². The van der Waals surface area contributed by atoms with Crippen LogP contribution in [0.4, 0.5) is 5.69 Å². The number of primary sulfonamides is 1. The van der Waals surface area contributed by atoms with E-state index in [2.05, 4.69) is 15.5 Å². The standard InChI is InChI=1S/C17H19ClN4O9S/c1-9(31-22(25)26)7-21-16(23)13-14(18)12(32(19,27)28)6-11(17(24)29-2)15(13)20-8-10-4-3-5-30-10/h3-6,9,20H,7-8H2,1-2H3,(H,21,23)(H2,19,27,28)/t9-/m0/s1. The third-order valence-corrected chi connectivity index (χ3v) is 5.44. The second-order valence-electron chi connectivity index (χ2n) is 6.31. The van der Waals surface area contributed by atoms with Gasteiger partial charge in [0.05, 0.1) is 41.8 Å². The second-order valence-corrected chi connectivity index (χ2v) is 8.21. The summed E-state index contributed by atoms with van der Waals surface area (Å²) in [5, 5.41) is 19.2. The Bertz CT molecular complexity index is 1120. The molecule has 0 aliphatic heterocycles. The van der Waals surface area contributed by atoms with Crippen LogP contribution in [0.1, 0.15) is 33.4 Å². The minimum Gasteiger partial charge on any atom is -0.467 e. The molecule has 1 aromatic carbocycles. The van der Waals surface area contributed by atoms with E-state index in [1.54, 1.807) is 12.1 Å². The lowest BCUT2D eigenvalue weighted by atomic mass is 10.1. The van der Waals surface area contributed by atoms with Crippen LogP contribution in [0, 0.1) is 10.1 Å². The third-order valence-electron chi connectivity index (χ3n) is 4.01. The molecule has 2 rings (SSSR count). The van der Waals surface area contributed by atoms with Gasteiger partial charge in [-0.1, -0.05) is 11.6 Å². The normalized spacial score (nSPS) is 12.0. The molecule has 15 heteroatoms. The van der Waals surface area contributed by atoms with Gasteiger partial charge in [0.15, 0.2) is 0 Å². The number of hydrogen-bond acceptors (Lipinski definition) is 10. The summed E-state index contributed by atoms with van der Waals surface area (Å²) in [6, 6.07) is 4.10. The zero-order valence-electron chi connectivity index (χ0n) is 16.8. The number of hydrogen-bond donors (Lipinski definition) is 3. The van der Waals surface area contributed by atoms with Crippen molar-refractivity contribution in [2.45, 2.75) is 24.5 Å². The monoisotopic (exact) mass is 490 g/mol. The first-order valence-electron chi connectivity index (χ1n) is 8.78. The van der Waals surface area contributed by atoms with Gasteiger partial charge in [-0.05, 0) is 25.1 Å². The van der Waals surface area contributed by atoms with Crippen LogP contribution in [-0.4, -0.2) is 45.1 Å². The number of anilines is 1. The maximum atomic E-state index is 12.9. The van der Waals surface area contributed by atoms with E-state index in [1.807, 2.05) is 0 Å². The Morgan fingerprint density at radius 1 is 1.41 bits per heavy atom. The lowest BCUT2D eigenvalue weighted by Crippen LogP contribution is -2.34. The number of methoxy groups -OCH3 is 1. The van der Waals surface area contributed by atoms with E-state index in [4.69, 9.17) is 25.9 Å². The molecule has 174 valence electrons. The average Bonchev–Trinajstić information content (AvgIpc) is 3.22. The summed E-state index contributed by atoms with van der Waals surface area (Å²) in [7, 11) is -3.40. The highest BCUT2D eigenvalue weighted by Crippen LogP contribution is 2.35. The lowest BCUT2D eigenvalue weighted by molar-refractivity contribution is -0.767. The number of nitrogens with one attached hydrogen (secondary N) is 2. The van der Waals surface area contributed by atoms with Gasteiger partial charge in [-0.15, -0.1) is 10.1 Å². The van der Waals surface area contributed by atoms with Crippen LogP contribution in [0.2, 0.25) is 5.02 Å². The Kier molecular flexibility index (Phi) is 8.02. The Hall–Kier alpha value is -3.36. The van der Waals surface area contributed by atoms with Gasteiger partial charge in [0.2, 0.25) is 10.0 Å². The van der Waals surface area contributed by atoms with Crippen LogP contribution < -0.4 is 15.8 Å². The molecular formula is C17H19ClN4O9S. The van der Waals surface area contributed by atoms with Crippen molar-refractivity contribution in [2.75, 3.05) is 19.0 Å². The van der Waals surface area contributed by atoms with Gasteiger partial charge in [0.25, 0.3) is 11.0 Å². The highest BCUT2D eigenvalue weighted by Gasteiger charge is 2.29. The van der Waals surface area contributed by atoms with Crippen molar-refractivity contribution in [1.82, 2.24) is 5.32 Å². The predicted molar refractivity (Wildman–Crippen MR) is 110 cm³/mol. The van der Waals surface area contributed by atoms with Crippen molar-refractivity contribution in [2.24, 2.45) is 5.14 Å². The van der Waals surface area contributed by atoms with E-state index >= 15 is 0 Å². The Morgan fingerprint density at radius 3 is 2.62 bits per heavy atom. The molecule has 0 spiro atoms. The van der Waals surface area contributed by atoms with Gasteiger partial charge >= 0.3 is 5.97 Å². The molecule has 32 heavy (non-hydrogen) atoms. The van der Waals surface area contributed by atoms with Crippen molar-refractivity contribution in [3.63, 3.8) is 0 Å². The van der Waals surface area contributed by atoms with E-state index in [1.165, 1.54) is 13.2 Å². The van der Waals surface area contributed by atoms with Crippen molar-refractivity contribution in [3.8, 4) is 0 Å². The molecule has 1 amide bonds. The molecule has 0 aliphatic rings. The Balaban J connectivity index is 2.58. The SMILES string of the molecule is COC(=O)c1cc(S(N)(=O)=O)c(Cl)c(C(=O)NC[C@H](C)O[N+](=O)[O-])c1NCc1ccco1. The maximum absolute atomic E-state index is 12.9. The van der Waals surface area contributed by atoms with Crippen molar-refractivity contribution >= 4 is 39.2 Å². The fourth-order valence-corrected chi connectivity index (χ4v) is 3.80. The average molecular weight is 491 g/mol. The number of furan rings is 1. The largest absolute Gasteiger partial charge is 0.467 e. The van der Waals surface area contributed by atoms with E-state index in [0.29, 0.717) is 5.76 Å². The molecule has 0 bridgehead atoms. The number of amides is 1. The second kappa shape index (κ2) is 10.3. The summed E-state index contributed by atoms with van der Waals surface area (Å²) in [5.41, 5.74) is -0.948. The smallest absolute Gasteiger partial charge is 0.340 e. The fraction of sp³-hybridized carbons (Fsp3) is 0.294. The van der Waals surface area contributed by atoms with Crippen LogP contribution in [0.25, 0.3) is 0 Å². The molecule has 0 radical (unpaired) electrons. The number of nitrogens with zero attached hydrogens (tertiary/aromatic N) is 1. The molecule has 13 nitrogen and oxygen atoms in total. The molecule has 0 fully saturated rings. The van der Waals surface area contributed by atoms with Crippen molar-refractivity contribution in [3.05, 3.63) is 56.5 Å². The van der Waals surface area contributed by atoms with Gasteiger partial charge in [0.1, 0.15) is 16.8 Å². The molecule has 0 saturated heterocycles. The molecule has 4 N–H and O–H groups in total. The minimum atomic E-state index is -4.46. The Morgan fingerprint density at radius 2 is 2.09 bits per heavy atom. The summed E-state index contributed by atoms with van der Waals surface area (Å²) in [6.07, 6.45) is 0.369. The number of ether oxygens (including phenoxy) is 1. The molecule has 0 saturated carbocycles. The highest BCUT2D eigenvalue weighted by molar-refractivity contribution is 7.89. The number of nitrogens with two attached hydrogens (primary N) is 1. The van der Waals surface area contributed by atoms with Crippen LogP contribution in [-0.2, 0) is 26.1 Å². The van der Waals surface area contributed by atoms with Gasteiger partial charge in [-0.25, -0.2) is 18.4 Å². The quantitative estimate of drug-likeness (QED) is 0.248. The number of sulfonamides is 1. The summed E-state index contributed by atoms with van der Waals surface area (Å²) >= 11 is 6.20. The van der Waals surface area contributed by atoms with Crippen LogP contribution in [0.3, 0.4) is 0 Å². The number of esters is 1. The summed E-state index contributed by atoms with van der Waals surface area (Å²) in [4.78, 5) is 39.3. The minimum absolute atomic E-state index is 0.0108. The van der Waals surface area contributed by atoms with Gasteiger partial charge in [-0.2, -0.15) is 0 Å². The number of carbonyl (C=O) groups excluding carboxylic acids is 2. The van der Waals surface area contributed by atoms with Gasteiger partial charge in [0, 0.05) is 6.54 Å². The fourth-order valence-electron chi connectivity index (χ4n) is 2.61. The van der Waals surface area contributed by atoms with Crippen LogP contribution in [0.5, 0.6) is 0 Å². The van der Waals surface area contributed by atoms with Gasteiger partial charge in [-0.3, -0.25) is 4.79 Å². The van der Waals surface area contributed by atoms with E-state index in [9.17, 15) is 28.1 Å². The topological polar surface area (TPSA) is 193 Å². The summed E-state index contributed by atoms with van der Waals surface area (Å²) in [5.74, 6) is -1.51. The molecule has 0 aliphatic carbocycles.